The van der Waals surface area contributed by atoms with Crippen molar-refractivity contribution in [1.82, 2.24) is 15.5 Å². The van der Waals surface area contributed by atoms with E-state index in [4.69, 9.17) is 4.74 Å². The molecule has 1 saturated heterocycles. The molecule has 1 atom stereocenters. The summed E-state index contributed by atoms with van der Waals surface area (Å²) in [6.45, 7) is 10.0. The van der Waals surface area contributed by atoms with Gasteiger partial charge >= 0.3 is 0 Å². The molecule has 2 heterocycles. The summed E-state index contributed by atoms with van der Waals surface area (Å²) < 4.78 is 5.51. The minimum Gasteiger partial charge on any atom is -0.396 e. The molecule has 1 aliphatic rings. The third kappa shape index (κ3) is 3.59. The molecule has 1 aromatic heterocycles. The first-order valence-corrected chi connectivity index (χ1v) is 7.39. The average Bonchev–Trinajstić information content (AvgIpc) is 2.98. The monoisotopic (exact) mass is 281 g/mol. The number of aliphatic hydroxyl groups excluding tert-OH is 1. The lowest BCUT2D eigenvalue weighted by atomic mass is 9.84. The van der Waals surface area contributed by atoms with E-state index >= 15 is 0 Å². The molecule has 5 heteroatoms. The van der Waals surface area contributed by atoms with Crippen LogP contribution >= 0.6 is 0 Å². The minimum absolute atomic E-state index is 0.0762. The van der Waals surface area contributed by atoms with Gasteiger partial charge in [-0.2, -0.15) is 5.10 Å². The summed E-state index contributed by atoms with van der Waals surface area (Å²) in [5.74, 6) is 0. The average molecular weight is 281 g/mol. The van der Waals surface area contributed by atoms with E-state index in [1.165, 1.54) is 11.3 Å². The van der Waals surface area contributed by atoms with Crippen molar-refractivity contribution in [2.24, 2.45) is 5.41 Å². The first-order chi connectivity index (χ1) is 9.47. The molecular weight excluding hydrogens is 254 g/mol. The Morgan fingerprint density at radius 1 is 1.50 bits per heavy atom. The quantitative estimate of drug-likeness (QED) is 0.740. The Bertz CT molecular complexity index is 417. The van der Waals surface area contributed by atoms with Crippen molar-refractivity contribution in [3.8, 4) is 0 Å². The van der Waals surface area contributed by atoms with Gasteiger partial charge in [-0.3, -0.25) is 5.10 Å². The molecule has 1 aliphatic heterocycles. The largest absolute Gasteiger partial charge is 0.396 e. The molecule has 0 amide bonds. The number of rotatable bonds is 6. The van der Waals surface area contributed by atoms with Crippen LogP contribution in [0.1, 0.15) is 44.9 Å². The smallest absolute Gasteiger partial charge is 0.0536 e. The summed E-state index contributed by atoms with van der Waals surface area (Å²) in [5, 5.41) is 20.0. The van der Waals surface area contributed by atoms with Gasteiger partial charge in [0.15, 0.2) is 0 Å². The van der Waals surface area contributed by atoms with Crippen LogP contribution in [0.2, 0.25) is 0 Å². The lowest BCUT2D eigenvalue weighted by molar-refractivity contribution is 0.124. The predicted molar refractivity (Wildman–Crippen MR) is 78.6 cm³/mol. The van der Waals surface area contributed by atoms with Crippen molar-refractivity contribution in [2.45, 2.75) is 45.6 Å². The molecule has 0 radical (unpaired) electrons. The number of aromatic amines is 1. The second-order valence-corrected chi connectivity index (χ2v) is 6.90. The van der Waals surface area contributed by atoms with Crippen molar-refractivity contribution >= 4 is 0 Å². The molecule has 0 bridgehead atoms. The number of hydrogen-bond acceptors (Lipinski definition) is 4. The van der Waals surface area contributed by atoms with E-state index in [9.17, 15) is 5.11 Å². The van der Waals surface area contributed by atoms with E-state index in [0.29, 0.717) is 0 Å². The van der Waals surface area contributed by atoms with Crippen LogP contribution in [-0.2, 0) is 16.7 Å². The Morgan fingerprint density at radius 2 is 2.30 bits per heavy atom. The van der Waals surface area contributed by atoms with Crippen LogP contribution in [0.4, 0.5) is 0 Å². The molecule has 0 aliphatic carbocycles. The van der Waals surface area contributed by atoms with Crippen LogP contribution in [-0.4, -0.2) is 41.7 Å². The Balaban J connectivity index is 1.91. The highest BCUT2D eigenvalue weighted by Crippen LogP contribution is 2.31. The van der Waals surface area contributed by atoms with Crippen LogP contribution in [0.5, 0.6) is 0 Å². The van der Waals surface area contributed by atoms with Crippen LogP contribution in [0.3, 0.4) is 0 Å². The van der Waals surface area contributed by atoms with Crippen LogP contribution in [0.15, 0.2) is 6.20 Å². The molecule has 5 nitrogen and oxygen atoms in total. The number of aliphatic hydroxyl groups is 1. The van der Waals surface area contributed by atoms with Gasteiger partial charge in [0.05, 0.1) is 12.8 Å². The molecule has 0 saturated carbocycles. The maximum absolute atomic E-state index is 9.23. The van der Waals surface area contributed by atoms with E-state index < -0.39 is 0 Å². The summed E-state index contributed by atoms with van der Waals surface area (Å²) >= 11 is 0. The summed E-state index contributed by atoms with van der Waals surface area (Å²) in [4.78, 5) is 0. The van der Waals surface area contributed by atoms with Crippen LogP contribution in [0, 0.1) is 5.41 Å². The van der Waals surface area contributed by atoms with E-state index in [1.54, 1.807) is 0 Å². The second-order valence-electron chi connectivity index (χ2n) is 6.90. The fourth-order valence-corrected chi connectivity index (χ4v) is 2.87. The van der Waals surface area contributed by atoms with Gasteiger partial charge in [-0.15, -0.1) is 0 Å². The summed E-state index contributed by atoms with van der Waals surface area (Å²) in [7, 11) is 0. The zero-order chi connectivity index (χ0) is 14.6. The zero-order valence-electron chi connectivity index (χ0n) is 12.8. The molecule has 20 heavy (non-hydrogen) atoms. The minimum atomic E-state index is 0.0762. The van der Waals surface area contributed by atoms with Gasteiger partial charge < -0.3 is 15.2 Å². The van der Waals surface area contributed by atoms with Gasteiger partial charge in [-0.05, 0) is 12.8 Å². The van der Waals surface area contributed by atoms with Gasteiger partial charge in [0.25, 0.3) is 0 Å². The fraction of sp³-hybridized carbons (Fsp3) is 0.800. The van der Waals surface area contributed by atoms with Crippen molar-refractivity contribution in [3.05, 3.63) is 17.5 Å². The SMILES string of the molecule is CC(C)(C)c1[nH]ncc1CNCC1(CCO)CCOC1. The van der Waals surface area contributed by atoms with Gasteiger partial charge in [0, 0.05) is 48.4 Å². The Morgan fingerprint density at radius 3 is 2.90 bits per heavy atom. The molecule has 1 aromatic rings. The summed E-state index contributed by atoms with van der Waals surface area (Å²) in [6, 6.07) is 0. The summed E-state index contributed by atoms with van der Waals surface area (Å²) in [6.07, 6.45) is 3.73. The van der Waals surface area contributed by atoms with Crippen molar-refractivity contribution in [2.75, 3.05) is 26.4 Å². The highest BCUT2D eigenvalue weighted by Gasteiger charge is 2.34. The van der Waals surface area contributed by atoms with Crippen LogP contribution < -0.4 is 5.32 Å². The first-order valence-electron chi connectivity index (χ1n) is 7.39. The van der Waals surface area contributed by atoms with E-state index in [0.717, 1.165) is 39.1 Å². The molecule has 0 aromatic carbocycles. The van der Waals surface area contributed by atoms with Gasteiger partial charge in [-0.25, -0.2) is 0 Å². The fourth-order valence-electron chi connectivity index (χ4n) is 2.87. The van der Waals surface area contributed by atoms with Crippen molar-refractivity contribution in [3.63, 3.8) is 0 Å². The number of hydrogen-bond donors (Lipinski definition) is 3. The topological polar surface area (TPSA) is 70.2 Å². The third-order valence-corrected chi connectivity index (χ3v) is 4.11. The van der Waals surface area contributed by atoms with Gasteiger partial charge in [0.2, 0.25) is 0 Å². The number of nitrogens with zero attached hydrogens (tertiary/aromatic N) is 1. The molecule has 0 spiro atoms. The van der Waals surface area contributed by atoms with E-state index in [2.05, 4.69) is 36.3 Å². The predicted octanol–water partition coefficient (Wildman–Crippen LogP) is 1.59. The van der Waals surface area contributed by atoms with E-state index in [1.807, 2.05) is 6.20 Å². The lowest BCUT2D eigenvalue weighted by Gasteiger charge is -2.27. The number of aromatic nitrogens is 2. The molecule has 2 rings (SSSR count). The molecule has 1 fully saturated rings. The van der Waals surface area contributed by atoms with Gasteiger partial charge in [0.1, 0.15) is 0 Å². The highest BCUT2D eigenvalue weighted by molar-refractivity contribution is 5.23. The number of ether oxygens (including phenoxy) is 1. The second kappa shape index (κ2) is 6.24. The maximum Gasteiger partial charge on any atom is 0.0536 e. The number of H-pyrrole nitrogens is 1. The first kappa shape index (κ1) is 15.5. The lowest BCUT2D eigenvalue weighted by Crippen LogP contribution is -2.35. The van der Waals surface area contributed by atoms with Crippen molar-refractivity contribution in [1.29, 1.82) is 0 Å². The van der Waals surface area contributed by atoms with E-state index in [-0.39, 0.29) is 17.4 Å². The number of nitrogens with one attached hydrogen (secondary N) is 2. The molecule has 3 N–H and O–H groups in total. The Kier molecular flexibility index (Phi) is 4.83. The molecule has 114 valence electrons. The van der Waals surface area contributed by atoms with Crippen LogP contribution in [0.25, 0.3) is 0 Å². The zero-order valence-corrected chi connectivity index (χ0v) is 12.8. The molecule has 1 unspecified atom stereocenters. The standard InChI is InChI=1S/C15H27N3O2/c1-14(2,3)13-12(9-17-18-13)8-16-10-15(4-6-19)5-7-20-11-15/h9,16,19H,4-8,10-11H2,1-3H3,(H,17,18). The Labute approximate surface area is 121 Å². The normalized spacial score (nSPS) is 23.4. The molecular formula is C15H27N3O2. The summed E-state index contributed by atoms with van der Waals surface area (Å²) in [5.41, 5.74) is 2.58. The third-order valence-electron chi connectivity index (χ3n) is 4.11. The maximum atomic E-state index is 9.23. The van der Waals surface area contributed by atoms with Gasteiger partial charge in [-0.1, -0.05) is 20.8 Å². The Hall–Kier alpha value is -0.910. The van der Waals surface area contributed by atoms with Crippen molar-refractivity contribution < 1.29 is 9.84 Å². The highest BCUT2D eigenvalue weighted by atomic mass is 16.5.